The fourth-order valence-corrected chi connectivity index (χ4v) is 3.97. The van der Waals surface area contributed by atoms with Gasteiger partial charge in [-0.1, -0.05) is 39.0 Å². The van der Waals surface area contributed by atoms with Crippen molar-refractivity contribution in [3.63, 3.8) is 0 Å². The molecule has 3 rings (SSSR count). The molecule has 1 fully saturated rings. The van der Waals surface area contributed by atoms with Gasteiger partial charge in [-0.2, -0.15) is 0 Å². The summed E-state index contributed by atoms with van der Waals surface area (Å²) in [6.07, 6.45) is 2.74. The minimum atomic E-state index is -1.06. The summed E-state index contributed by atoms with van der Waals surface area (Å²) < 4.78 is 0. The number of hydrogen-bond donors (Lipinski definition) is 3. The first kappa shape index (κ1) is 26.3. The second kappa shape index (κ2) is 11.0. The molecule has 1 saturated heterocycles. The Hall–Kier alpha value is -3.30. The van der Waals surface area contributed by atoms with Crippen molar-refractivity contribution in [2.75, 3.05) is 32.1 Å². The van der Waals surface area contributed by atoms with E-state index in [9.17, 15) is 19.5 Å². The number of nitrogens with zero attached hydrogens (tertiary/aromatic N) is 3. The molecule has 1 aromatic carbocycles. The van der Waals surface area contributed by atoms with Gasteiger partial charge < -0.3 is 20.6 Å². The number of rotatable bonds is 7. The first-order chi connectivity index (χ1) is 16.5. The van der Waals surface area contributed by atoms with Crippen molar-refractivity contribution in [1.29, 1.82) is 0 Å². The average Bonchev–Trinajstić information content (AvgIpc) is 3.26. The third-order valence-corrected chi connectivity index (χ3v) is 6.07. The molecular weight excluding hydrogens is 446 g/mol. The second-order valence-electron chi connectivity index (χ2n) is 10.1. The highest BCUT2D eigenvalue weighted by Gasteiger charge is 2.39. The number of amides is 3. The van der Waals surface area contributed by atoms with Crippen LogP contribution in [-0.2, 0) is 19.8 Å². The van der Waals surface area contributed by atoms with E-state index in [4.69, 9.17) is 0 Å². The minimum absolute atomic E-state index is 0.0862. The van der Waals surface area contributed by atoms with Crippen molar-refractivity contribution < 1.29 is 19.5 Å². The Balaban J connectivity index is 2.05. The summed E-state index contributed by atoms with van der Waals surface area (Å²) in [5, 5.41) is 15.8. The largest absolute Gasteiger partial charge is 0.392 e. The summed E-state index contributed by atoms with van der Waals surface area (Å²) in [4.78, 5) is 46.5. The number of aliphatic hydroxyl groups is 1. The maximum absolute atomic E-state index is 13.8. The summed E-state index contributed by atoms with van der Waals surface area (Å²) in [6, 6.07) is 9.25. The van der Waals surface area contributed by atoms with E-state index in [2.05, 4.69) is 36.4 Å². The van der Waals surface area contributed by atoms with Gasteiger partial charge in [0.25, 0.3) is 0 Å². The van der Waals surface area contributed by atoms with Crippen LogP contribution in [0.5, 0.6) is 0 Å². The molecule has 1 aliphatic heterocycles. The van der Waals surface area contributed by atoms with E-state index in [-0.39, 0.29) is 30.2 Å². The van der Waals surface area contributed by atoms with Crippen LogP contribution in [-0.4, -0.2) is 72.0 Å². The minimum Gasteiger partial charge on any atom is -0.392 e. The van der Waals surface area contributed by atoms with E-state index in [1.54, 1.807) is 38.6 Å². The lowest BCUT2D eigenvalue weighted by Crippen LogP contribution is -2.51. The highest BCUT2D eigenvalue weighted by molar-refractivity contribution is 6.04. The number of carbonyl (C=O) groups excluding carboxylic acids is 3. The molecule has 2 heterocycles. The third kappa shape index (κ3) is 6.43. The lowest BCUT2D eigenvalue weighted by Gasteiger charge is -2.33. The maximum Gasteiger partial charge on any atom is 0.248 e. The fourth-order valence-electron chi connectivity index (χ4n) is 3.97. The van der Waals surface area contributed by atoms with Crippen LogP contribution in [0.3, 0.4) is 0 Å². The Morgan fingerprint density at radius 1 is 1.17 bits per heavy atom. The van der Waals surface area contributed by atoms with E-state index >= 15 is 0 Å². The molecule has 0 aliphatic carbocycles. The molecule has 3 atom stereocenters. The Labute approximate surface area is 206 Å². The molecule has 0 saturated carbocycles. The van der Waals surface area contributed by atoms with Gasteiger partial charge in [0.1, 0.15) is 6.04 Å². The van der Waals surface area contributed by atoms with E-state index in [0.717, 1.165) is 5.56 Å². The molecule has 35 heavy (non-hydrogen) atoms. The van der Waals surface area contributed by atoms with Crippen LogP contribution in [0.15, 0.2) is 48.8 Å². The molecule has 2 aromatic rings. The molecule has 1 aromatic heterocycles. The molecule has 0 radical (unpaired) electrons. The van der Waals surface area contributed by atoms with E-state index < -0.39 is 24.1 Å². The number of nitrogens with one attached hydrogen (secondary N) is 2. The summed E-state index contributed by atoms with van der Waals surface area (Å²) in [5.41, 5.74) is 2.04. The van der Waals surface area contributed by atoms with E-state index in [1.807, 2.05) is 24.3 Å². The molecule has 0 bridgehead atoms. The topological polar surface area (TPSA) is 115 Å². The zero-order valence-corrected chi connectivity index (χ0v) is 21.0. The van der Waals surface area contributed by atoms with Crippen LogP contribution in [0.25, 0.3) is 0 Å². The highest BCUT2D eigenvalue weighted by atomic mass is 16.3. The molecule has 1 aliphatic rings. The third-order valence-electron chi connectivity index (χ3n) is 6.07. The van der Waals surface area contributed by atoms with Gasteiger partial charge >= 0.3 is 0 Å². The summed E-state index contributed by atoms with van der Waals surface area (Å²) in [7, 11) is 3.22. The molecule has 3 amide bonds. The summed E-state index contributed by atoms with van der Waals surface area (Å²) in [5.74, 6) is -1.11. The van der Waals surface area contributed by atoms with Gasteiger partial charge in [-0.05, 0) is 35.6 Å². The highest BCUT2D eigenvalue weighted by Crippen LogP contribution is 2.32. The average molecular weight is 482 g/mol. The van der Waals surface area contributed by atoms with Gasteiger partial charge in [0, 0.05) is 44.3 Å². The zero-order chi connectivity index (χ0) is 25.8. The number of likely N-dealkylation sites (N-methyl/N-ethyl adjacent to an activating group) is 1. The molecular formula is C26H35N5O4. The van der Waals surface area contributed by atoms with Crippen LogP contribution < -0.4 is 15.5 Å². The SMILES string of the molecule is CN(C)C(=O)CNC(=O)C(c1cccnc1)N(C(=O)[C@H]1C[C@@H](O)CN1)c1ccc(C(C)(C)C)cc1. The van der Waals surface area contributed by atoms with Gasteiger partial charge in [-0.25, -0.2) is 0 Å². The first-order valence-corrected chi connectivity index (χ1v) is 11.7. The lowest BCUT2D eigenvalue weighted by molar-refractivity contribution is -0.132. The summed E-state index contributed by atoms with van der Waals surface area (Å²) in [6.45, 7) is 6.40. The normalized spacial score (nSPS) is 18.6. The molecule has 188 valence electrons. The zero-order valence-electron chi connectivity index (χ0n) is 21.0. The predicted octanol–water partition coefficient (Wildman–Crippen LogP) is 1.38. The predicted molar refractivity (Wildman–Crippen MR) is 134 cm³/mol. The van der Waals surface area contributed by atoms with Crippen molar-refractivity contribution in [3.05, 3.63) is 59.9 Å². The van der Waals surface area contributed by atoms with Crippen LogP contribution in [0.1, 0.15) is 44.4 Å². The number of pyridine rings is 1. The van der Waals surface area contributed by atoms with Gasteiger partial charge in [0.05, 0.1) is 18.7 Å². The molecule has 1 unspecified atom stereocenters. The van der Waals surface area contributed by atoms with Crippen LogP contribution in [0.4, 0.5) is 5.69 Å². The lowest BCUT2D eigenvalue weighted by atomic mass is 9.87. The standard InChI is InChI=1S/C26H35N5O4/c1-26(2,3)18-8-10-19(11-9-18)31(25(35)21-13-20(32)15-28-21)23(17-7-6-12-27-14-17)24(34)29-16-22(33)30(4)5/h6-12,14,20-21,23,28,32H,13,15-16H2,1-5H3,(H,29,34)/t20-,21-,23?/m1/s1. The van der Waals surface area contributed by atoms with E-state index in [0.29, 0.717) is 17.8 Å². The van der Waals surface area contributed by atoms with Crippen molar-refractivity contribution in [1.82, 2.24) is 20.5 Å². The van der Waals surface area contributed by atoms with Crippen LogP contribution in [0, 0.1) is 0 Å². The van der Waals surface area contributed by atoms with Crippen molar-refractivity contribution >= 4 is 23.4 Å². The van der Waals surface area contributed by atoms with Crippen molar-refractivity contribution in [2.45, 2.75) is 50.8 Å². The Morgan fingerprint density at radius 2 is 1.86 bits per heavy atom. The molecule has 9 heteroatoms. The quantitative estimate of drug-likeness (QED) is 0.551. The monoisotopic (exact) mass is 481 g/mol. The number of hydrogen-bond acceptors (Lipinski definition) is 6. The number of anilines is 1. The number of benzene rings is 1. The molecule has 0 spiro atoms. The van der Waals surface area contributed by atoms with Gasteiger partial charge in [0.2, 0.25) is 17.7 Å². The fraction of sp³-hybridized carbons (Fsp3) is 0.462. The molecule has 3 N–H and O–H groups in total. The van der Waals surface area contributed by atoms with Crippen LogP contribution >= 0.6 is 0 Å². The number of carbonyl (C=O) groups is 3. The number of aromatic nitrogens is 1. The number of β-amino-alcohol motifs (C(OH)–C–C–N with tert-alkyl or cyclic N) is 1. The Morgan fingerprint density at radius 3 is 2.37 bits per heavy atom. The Kier molecular flexibility index (Phi) is 8.24. The smallest absolute Gasteiger partial charge is 0.248 e. The van der Waals surface area contributed by atoms with Crippen molar-refractivity contribution in [2.24, 2.45) is 0 Å². The van der Waals surface area contributed by atoms with Crippen LogP contribution in [0.2, 0.25) is 0 Å². The number of aliphatic hydroxyl groups excluding tert-OH is 1. The van der Waals surface area contributed by atoms with Gasteiger partial charge in [-0.3, -0.25) is 24.3 Å². The summed E-state index contributed by atoms with van der Waals surface area (Å²) >= 11 is 0. The van der Waals surface area contributed by atoms with Gasteiger partial charge in [0.15, 0.2) is 0 Å². The maximum atomic E-state index is 13.8. The first-order valence-electron chi connectivity index (χ1n) is 11.7. The van der Waals surface area contributed by atoms with E-state index in [1.165, 1.54) is 9.80 Å². The second-order valence-corrected chi connectivity index (χ2v) is 10.1. The van der Waals surface area contributed by atoms with Gasteiger partial charge in [-0.15, -0.1) is 0 Å². The molecule has 9 nitrogen and oxygen atoms in total. The Bertz CT molecular complexity index is 1030. The van der Waals surface area contributed by atoms with Crippen molar-refractivity contribution in [3.8, 4) is 0 Å².